The summed E-state index contributed by atoms with van der Waals surface area (Å²) < 4.78 is 31.6. The van der Waals surface area contributed by atoms with Crippen molar-refractivity contribution in [2.45, 2.75) is 24.3 Å². The molecule has 4 rings (SSSR count). The number of carbonyl (C=O) groups is 1. The van der Waals surface area contributed by atoms with Crippen LogP contribution in [0.15, 0.2) is 70.5 Å². The number of carbonyl (C=O) groups excluding carboxylic acids is 1. The number of nitrogens with zero attached hydrogens (tertiary/aromatic N) is 2. The molecule has 150 valence electrons. The monoisotopic (exact) mass is 411 g/mol. The number of sulfonamides is 1. The summed E-state index contributed by atoms with van der Waals surface area (Å²) in [6, 6.07) is 11.6. The molecule has 1 aliphatic rings. The summed E-state index contributed by atoms with van der Waals surface area (Å²) in [4.78, 5) is 17.0. The minimum Gasteiger partial charge on any atom is -0.472 e. The number of hydrogen-bond acceptors (Lipinski definition) is 5. The number of furan rings is 1. The fourth-order valence-corrected chi connectivity index (χ4v) is 4.77. The maximum Gasteiger partial charge on any atom is 0.251 e. The summed E-state index contributed by atoms with van der Waals surface area (Å²) in [5.74, 6) is -0.269. The van der Waals surface area contributed by atoms with Crippen LogP contribution in [-0.4, -0.2) is 36.7 Å². The third-order valence-electron chi connectivity index (χ3n) is 4.91. The van der Waals surface area contributed by atoms with Crippen molar-refractivity contribution in [1.29, 1.82) is 0 Å². The Morgan fingerprint density at radius 3 is 2.45 bits per heavy atom. The van der Waals surface area contributed by atoms with Gasteiger partial charge in [0.05, 0.1) is 23.1 Å². The quantitative estimate of drug-likeness (QED) is 0.673. The largest absolute Gasteiger partial charge is 0.472 e. The molecule has 29 heavy (non-hydrogen) atoms. The number of rotatable bonds is 6. The van der Waals surface area contributed by atoms with E-state index in [4.69, 9.17) is 4.42 Å². The Labute approximate surface area is 169 Å². The summed E-state index contributed by atoms with van der Waals surface area (Å²) in [5, 5.41) is 2.83. The van der Waals surface area contributed by atoms with Gasteiger partial charge in [-0.1, -0.05) is 6.07 Å². The van der Waals surface area contributed by atoms with Crippen molar-refractivity contribution in [2.24, 2.45) is 0 Å². The highest BCUT2D eigenvalue weighted by molar-refractivity contribution is 7.89. The van der Waals surface area contributed by atoms with E-state index in [1.165, 1.54) is 16.4 Å². The van der Waals surface area contributed by atoms with Crippen LogP contribution in [0.4, 0.5) is 0 Å². The Bertz CT molecular complexity index is 1070. The van der Waals surface area contributed by atoms with E-state index in [0.717, 1.165) is 29.7 Å². The fraction of sp³-hybridized carbons (Fsp3) is 0.238. The maximum absolute atomic E-state index is 12.6. The number of hydrogen-bond donors (Lipinski definition) is 1. The molecule has 0 aliphatic carbocycles. The van der Waals surface area contributed by atoms with Crippen molar-refractivity contribution in [3.63, 3.8) is 0 Å². The van der Waals surface area contributed by atoms with Gasteiger partial charge in [0.15, 0.2) is 0 Å². The zero-order valence-electron chi connectivity index (χ0n) is 15.7. The van der Waals surface area contributed by atoms with Gasteiger partial charge in [0, 0.05) is 37.0 Å². The Balaban J connectivity index is 1.37. The molecule has 3 heterocycles. The summed E-state index contributed by atoms with van der Waals surface area (Å²) in [6.45, 7) is 1.43. The van der Waals surface area contributed by atoms with Gasteiger partial charge in [-0.25, -0.2) is 8.42 Å². The van der Waals surface area contributed by atoms with E-state index in [9.17, 15) is 13.2 Å². The highest BCUT2D eigenvalue weighted by Gasteiger charge is 2.27. The van der Waals surface area contributed by atoms with Gasteiger partial charge in [0.2, 0.25) is 10.0 Å². The molecule has 1 N–H and O–H groups in total. The first kappa shape index (κ1) is 19.4. The van der Waals surface area contributed by atoms with Crippen LogP contribution in [0.2, 0.25) is 0 Å². The average molecular weight is 411 g/mol. The molecule has 1 fully saturated rings. The van der Waals surface area contributed by atoms with Gasteiger partial charge < -0.3 is 9.73 Å². The zero-order chi connectivity index (χ0) is 20.3. The number of amides is 1. The normalized spacial score (nSPS) is 14.8. The topological polar surface area (TPSA) is 92.5 Å². The molecular formula is C21H21N3O4S. The van der Waals surface area contributed by atoms with Crippen LogP contribution in [0.25, 0.3) is 11.3 Å². The molecule has 1 aliphatic heterocycles. The molecule has 7 nitrogen and oxygen atoms in total. The lowest BCUT2D eigenvalue weighted by molar-refractivity contribution is 0.0951. The Morgan fingerprint density at radius 2 is 1.83 bits per heavy atom. The molecule has 0 bridgehead atoms. The molecule has 2 aromatic heterocycles. The van der Waals surface area contributed by atoms with Gasteiger partial charge in [0.25, 0.3) is 5.91 Å². The highest BCUT2D eigenvalue weighted by Crippen LogP contribution is 2.21. The van der Waals surface area contributed by atoms with E-state index in [2.05, 4.69) is 10.3 Å². The molecule has 8 heteroatoms. The summed E-state index contributed by atoms with van der Waals surface area (Å²) >= 11 is 0. The fourth-order valence-electron chi connectivity index (χ4n) is 3.25. The van der Waals surface area contributed by atoms with Crippen LogP contribution in [0, 0.1) is 0 Å². The smallest absolute Gasteiger partial charge is 0.251 e. The van der Waals surface area contributed by atoms with E-state index >= 15 is 0 Å². The Morgan fingerprint density at radius 1 is 1.07 bits per heavy atom. The lowest BCUT2D eigenvalue weighted by atomic mass is 10.2. The molecule has 1 aromatic carbocycles. The summed E-state index contributed by atoms with van der Waals surface area (Å²) in [6.07, 6.45) is 6.69. The van der Waals surface area contributed by atoms with Crippen LogP contribution in [-0.2, 0) is 16.6 Å². The molecule has 0 saturated carbocycles. The average Bonchev–Trinajstić information content (AvgIpc) is 3.47. The standard InChI is InChI=1S/C21H21N3O4S/c25-21(23-14-16-3-8-20(22-13-16)18-9-12-28-15-18)17-4-6-19(7-5-17)29(26,27)24-10-1-2-11-24/h3-9,12-13,15H,1-2,10-11,14H2,(H,23,25). The van der Waals surface area contributed by atoms with E-state index < -0.39 is 10.0 Å². The maximum atomic E-state index is 12.6. The number of pyridine rings is 1. The molecule has 3 aromatic rings. The van der Waals surface area contributed by atoms with Crippen molar-refractivity contribution < 1.29 is 17.6 Å². The molecule has 0 unspecified atom stereocenters. The Hall–Kier alpha value is -2.97. The minimum absolute atomic E-state index is 0.218. The predicted molar refractivity (Wildman–Crippen MR) is 108 cm³/mol. The number of nitrogens with one attached hydrogen (secondary N) is 1. The molecular weight excluding hydrogens is 390 g/mol. The van der Waals surface area contributed by atoms with Gasteiger partial charge >= 0.3 is 0 Å². The second-order valence-corrected chi connectivity index (χ2v) is 8.82. The SMILES string of the molecule is O=C(NCc1ccc(-c2ccoc2)nc1)c1ccc(S(=O)(=O)N2CCCC2)cc1. The van der Waals surface area contributed by atoms with Gasteiger partial charge in [-0.3, -0.25) is 9.78 Å². The van der Waals surface area contributed by atoms with E-state index in [1.54, 1.807) is 30.9 Å². The number of benzene rings is 1. The van der Waals surface area contributed by atoms with Gasteiger partial charge in [-0.15, -0.1) is 0 Å². The lowest BCUT2D eigenvalue weighted by Crippen LogP contribution is -2.28. The first-order chi connectivity index (χ1) is 14.0. The zero-order valence-corrected chi connectivity index (χ0v) is 16.6. The van der Waals surface area contributed by atoms with Crippen LogP contribution >= 0.6 is 0 Å². The van der Waals surface area contributed by atoms with Crippen LogP contribution in [0.1, 0.15) is 28.8 Å². The second kappa shape index (κ2) is 8.18. The summed E-state index contributed by atoms with van der Waals surface area (Å²) in [7, 11) is -3.47. The molecule has 0 atom stereocenters. The molecule has 0 radical (unpaired) electrons. The molecule has 0 spiro atoms. The Kier molecular flexibility index (Phi) is 5.46. The van der Waals surface area contributed by atoms with Crippen LogP contribution in [0.5, 0.6) is 0 Å². The van der Waals surface area contributed by atoms with Gasteiger partial charge in [0.1, 0.15) is 0 Å². The van der Waals surface area contributed by atoms with E-state index in [1.807, 2.05) is 18.2 Å². The van der Waals surface area contributed by atoms with Crippen molar-refractivity contribution in [3.8, 4) is 11.3 Å². The van der Waals surface area contributed by atoms with Crippen molar-refractivity contribution in [3.05, 3.63) is 72.3 Å². The third kappa shape index (κ3) is 4.23. The van der Waals surface area contributed by atoms with E-state index in [0.29, 0.717) is 25.2 Å². The molecule has 1 amide bonds. The van der Waals surface area contributed by atoms with Crippen LogP contribution in [0.3, 0.4) is 0 Å². The van der Waals surface area contributed by atoms with Crippen molar-refractivity contribution in [1.82, 2.24) is 14.6 Å². The van der Waals surface area contributed by atoms with Crippen molar-refractivity contribution in [2.75, 3.05) is 13.1 Å². The highest BCUT2D eigenvalue weighted by atomic mass is 32.2. The summed E-state index contributed by atoms with van der Waals surface area (Å²) in [5.41, 5.74) is 2.96. The third-order valence-corrected chi connectivity index (χ3v) is 6.83. The minimum atomic E-state index is -3.47. The lowest BCUT2D eigenvalue weighted by Gasteiger charge is -2.15. The second-order valence-electron chi connectivity index (χ2n) is 6.88. The number of aromatic nitrogens is 1. The first-order valence-corrected chi connectivity index (χ1v) is 10.8. The first-order valence-electron chi connectivity index (χ1n) is 9.40. The van der Waals surface area contributed by atoms with Gasteiger partial charge in [-0.2, -0.15) is 4.31 Å². The predicted octanol–water partition coefficient (Wildman–Crippen LogP) is 3.06. The van der Waals surface area contributed by atoms with Gasteiger partial charge in [-0.05, 0) is 54.8 Å². The molecule has 1 saturated heterocycles. The van der Waals surface area contributed by atoms with E-state index in [-0.39, 0.29) is 10.8 Å². The van der Waals surface area contributed by atoms with Crippen LogP contribution < -0.4 is 5.32 Å². The van der Waals surface area contributed by atoms with Crippen molar-refractivity contribution >= 4 is 15.9 Å².